The number of nitrogens with two attached hydrogens (primary N) is 1. The summed E-state index contributed by atoms with van der Waals surface area (Å²) in [5.74, 6) is 1.09. The van der Waals surface area contributed by atoms with E-state index in [0.717, 1.165) is 50.6 Å². The minimum Gasteiger partial charge on any atom is -0.354 e. The van der Waals surface area contributed by atoms with Gasteiger partial charge in [-0.15, -0.1) is 0 Å². The van der Waals surface area contributed by atoms with Gasteiger partial charge in [0.25, 0.3) is 0 Å². The van der Waals surface area contributed by atoms with Gasteiger partial charge in [-0.25, -0.2) is 4.98 Å². The van der Waals surface area contributed by atoms with Crippen molar-refractivity contribution in [2.75, 3.05) is 44.2 Å². The Bertz CT molecular complexity index is 588. The molecule has 20 heavy (non-hydrogen) atoms. The van der Waals surface area contributed by atoms with Crippen molar-refractivity contribution in [2.24, 2.45) is 5.73 Å². The van der Waals surface area contributed by atoms with E-state index in [0.29, 0.717) is 0 Å². The summed E-state index contributed by atoms with van der Waals surface area (Å²) in [6.45, 7) is 8.07. The van der Waals surface area contributed by atoms with Crippen LogP contribution < -0.4 is 10.6 Å². The van der Waals surface area contributed by atoms with Crippen LogP contribution in [0, 0.1) is 6.92 Å². The number of hydrogen-bond donors (Lipinski definition) is 1. The highest BCUT2D eigenvalue weighted by molar-refractivity contribution is 5.81. The maximum atomic E-state index is 5.61. The molecule has 0 saturated carbocycles. The average molecular weight is 270 g/mol. The van der Waals surface area contributed by atoms with Gasteiger partial charge in [0.05, 0.1) is 5.52 Å². The summed E-state index contributed by atoms with van der Waals surface area (Å²) >= 11 is 0. The lowest BCUT2D eigenvalue weighted by Gasteiger charge is -2.35. The van der Waals surface area contributed by atoms with Crippen molar-refractivity contribution in [1.29, 1.82) is 0 Å². The number of benzene rings is 1. The topological polar surface area (TPSA) is 45.4 Å². The first-order valence-corrected chi connectivity index (χ1v) is 7.31. The molecule has 0 unspecified atom stereocenters. The van der Waals surface area contributed by atoms with Gasteiger partial charge in [0.1, 0.15) is 5.82 Å². The molecule has 1 aromatic carbocycles. The van der Waals surface area contributed by atoms with Crippen LogP contribution in [-0.2, 0) is 0 Å². The summed E-state index contributed by atoms with van der Waals surface area (Å²) in [4.78, 5) is 9.58. The van der Waals surface area contributed by atoms with E-state index in [1.54, 1.807) is 0 Å². The summed E-state index contributed by atoms with van der Waals surface area (Å²) < 4.78 is 0. The van der Waals surface area contributed by atoms with Gasteiger partial charge in [-0.05, 0) is 31.2 Å². The van der Waals surface area contributed by atoms with E-state index in [-0.39, 0.29) is 0 Å². The molecule has 0 aliphatic carbocycles. The highest BCUT2D eigenvalue weighted by Gasteiger charge is 2.17. The van der Waals surface area contributed by atoms with Crippen LogP contribution in [0.4, 0.5) is 5.82 Å². The number of anilines is 1. The number of piperazine rings is 1. The van der Waals surface area contributed by atoms with Crippen LogP contribution in [0.2, 0.25) is 0 Å². The molecular weight excluding hydrogens is 248 g/mol. The van der Waals surface area contributed by atoms with Gasteiger partial charge >= 0.3 is 0 Å². The molecule has 1 aromatic heterocycles. The van der Waals surface area contributed by atoms with Crippen molar-refractivity contribution in [3.05, 3.63) is 35.9 Å². The number of aryl methyl sites for hydroxylation is 1. The van der Waals surface area contributed by atoms with Crippen molar-refractivity contribution in [3.63, 3.8) is 0 Å². The number of pyridine rings is 1. The fourth-order valence-electron chi connectivity index (χ4n) is 2.79. The van der Waals surface area contributed by atoms with Crippen molar-refractivity contribution < 1.29 is 0 Å². The molecule has 2 aromatic rings. The maximum absolute atomic E-state index is 5.61. The number of nitrogens with zero attached hydrogens (tertiary/aromatic N) is 3. The Morgan fingerprint density at radius 3 is 2.65 bits per heavy atom. The molecule has 1 fully saturated rings. The third-order valence-corrected chi connectivity index (χ3v) is 3.97. The Hall–Kier alpha value is -1.65. The van der Waals surface area contributed by atoms with Crippen LogP contribution in [0.1, 0.15) is 5.56 Å². The molecule has 0 radical (unpaired) electrons. The van der Waals surface area contributed by atoms with E-state index in [9.17, 15) is 0 Å². The molecule has 1 aliphatic rings. The second-order valence-electron chi connectivity index (χ2n) is 5.48. The molecule has 4 nitrogen and oxygen atoms in total. The van der Waals surface area contributed by atoms with Gasteiger partial charge in [-0.1, -0.05) is 11.6 Å². The van der Waals surface area contributed by atoms with Crippen LogP contribution in [0.25, 0.3) is 10.9 Å². The van der Waals surface area contributed by atoms with E-state index >= 15 is 0 Å². The standard InChI is InChI=1S/C16H22N4/c1-13-2-4-15-14(12-13)3-5-16(18-15)20-10-8-19(7-6-17)9-11-20/h2-5,12H,6-11,17H2,1H3. The van der Waals surface area contributed by atoms with Crippen molar-refractivity contribution >= 4 is 16.7 Å². The Morgan fingerprint density at radius 2 is 1.90 bits per heavy atom. The Labute approximate surface area is 120 Å². The fourth-order valence-corrected chi connectivity index (χ4v) is 2.79. The molecule has 1 saturated heterocycles. The minimum atomic E-state index is 0.744. The summed E-state index contributed by atoms with van der Waals surface area (Å²) in [5.41, 5.74) is 7.97. The normalized spacial score (nSPS) is 16.8. The highest BCUT2D eigenvalue weighted by atomic mass is 15.3. The van der Waals surface area contributed by atoms with Gasteiger partial charge in [0.2, 0.25) is 0 Å². The van der Waals surface area contributed by atoms with Gasteiger partial charge in [0.15, 0.2) is 0 Å². The number of hydrogen-bond acceptors (Lipinski definition) is 4. The molecule has 2 N–H and O–H groups in total. The second kappa shape index (κ2) is 5.77. The predicted molar refractivity (Wildman–Crippen MR) is 84.2 cm³/mol. The maximum Gasteiger partial charge on any atom is 0.129 e. The van der Waals surface area contributed by atoms with Crippen molar-refractivity contribution in [3.8, 4) is 0 Å². The second-order valence-corrected chi connectivity index (χ2v) is 5.48. The largest absolute Gasteiger partial charge is 0.354 e. The van der Waals surface area contributed by atoms with Crippen LogP contribution in [0.5, 0.6) is 0 Å². The zero-order chi connectivity index (χ0) is 13.9. The minimum absolute atomic E-state index is 0.744. The lowest BCUT2D eigenvalue weighted by molar-refractivity contribution is 0.264. The van der Waals surface area contributed by atoms with Gasteiger partial charge < -0.3 is 10.6 Å². The number of rotatable bonds is 3. The molecule has 0 spiro atoms. The number of aromatic nitrogens is 1. The third-order valence-electron chi connectivity index (χ3n) is 3.97. The lowest BCUT2D eigenvalue weighted by atomic mass is 10.1. The zero-order valence-corrected chi connectivity index (χ0v) is 12.0. The molecule has 1 aliphatic heterocycles. The molecular formula is C16H22N4. The Kier molecular flexibility index (Phi) is 3.85. The smallest absolute Gasteiger partial charge is 0.129 e. The van der Waals surface area contributed by atoms with E-state index in [1.165, 1.54) is 10.9 Å². The molecule has 0 atom stereocenters. The highest BCUT2D eigenvalue weighted by Crippen LogP contribution is 2.20. The van der Waals surface area contributed by atoms with Crippen molar-refractivity contribution in [1.82, 2.24) is 9.88 Å². The summed E-state index contributed by atoms with van der Waals surface area (Å²) in [6.07, 6.45) is 0. The fraction of sp³-hybridized carbons (Fsp3) is 0.438. The van der Waals surface area contributed by atoms with Crippen LogP contribution in [0.3, 0.4) is 0 Å². The SMILES string of the molecule is Cc1ccc2nc(N3CCN(CCN)CC3)ccc2c1. The van der Waals surface area contributed by atoms with Crippen LogP contribution in [0.15, 0.2) is 30.3 Å². The first kappa shape index (κ1) is 13.3. The summed E-state index contributed by atoms with van der Waals surface area (Å²) in [5, 5.41) is 1.22. The first-order chi connectivity index (χ1) is 9.76. The Balaban J connectivity index is 1.76. The third kappa shape index (κ3) is 2.76. The van der Waals surface area contributed by atoms with E-state index in [4.69, 9.17) is 10.7 Å². The van der Waals surface area contributed by atoms with E-state index in [2.05, 4.69) is 47.1 Å². The molecule has 106 valence electrons. The quantitative estimate of drug-likeness (QED) is 0.920. The lowest BCUT2D eigenvalue weighted by Crippen LogP contribution is -2.48. The zero-order valence-electron chi connectivity index (χ0n) is 12.0. The monoisotopic (exact) mass is 270 g/mol. The van der Waals surface area contributed by atoms with Crippen LogP contribution >= 0.6 is 0 Å². The number of fused-ring (bicyclic) bond motifs is 1. The molecule has 0 bridgehead atoms. The van der Waals surface area contributed by atoms with E-state index < -0.39 is 0 Å². The first-order valence-electron chi connectivity index (χ1n) is 7.31. The molecule has 2 heterocycles. The van der Waals surface area contributed by atoms with Gasteiger partial charge in [0, 0.05) is 44.7 Å². The van der Waals surface area contributed by atoms with Gasteiger partial charge in [-0.2, -0.15) is 0 Å². The van der Waals surface area contributed by atoms with E-state index in [1.807, 2.05) is 0 Å². The molecule has 0 amide bonds. The molecule has 3 rings (SSSR count). The predicted octanol–water partition coefficient (Wildman–Crippen LogP) is 1.62. The van der Waals surface area contributed by atoms with Crippen molar-refractivity contribution in [2.45, 2.75) is 6.92 Å². The molecule has 4 heteroatoms. The summed E-state index contributed by atoms with van der Waals surface area (Å²) in [7, 11) is 0. The van der Waals surface area contributed by atoms with Crippen LogP contribution in [-0.4, -0.2) is 49.2 Å². The summed E-state index contributed by atoms with van der Waals surface area (Å²) in [6, 6.07) is 10.7. The average Bonchev–Trinajstić information content (AvgIpc) is 2.48. The Morgan fingerprint density at radius 1 is 1.10 bits per heavy atom. The van der Waals surface area contributed by atoms with Gasteiger partial charge in [-0.3, -0.25) is 4.90 Å².